The number of rotatable bonds is 10. The van der Waals surface area contributed by atoms with Gasteiger partial charge in [-0.3, -0.25) is 9.59 Å². The molecule has 5 rings (SSSR count). The number of nitrogens with one attached hydrogen (secondary N) is 2. The van der Waals surface area contributed by atoms with Crippen LogP contribution in [0.25, 0.3) is 16.9 Å². The number of aromatic amines is 1. The van der Waals surface area contributed by atoms with Crippen molar-refractivity contribution in [2.24, 2.45) is 5.73 Å². The number of carbonyl (C=O) groups excluding carboxylic acids is 2. The Bertz CT molecular complexity index is 1620. The lowest BCUT2D eigenvalue weighted by Crippen LogP contribution is -2.31. The molecule has 3 aromatic carbocycles. The predicted octanol–water partition coefficient (Wildman–Crippen LogP) is 4.15. The van der Waals surface area contributed by atoms with E-state index in [1.165, 1.54) is 6.33 Å². The highest BCUT2D eigenvalue weighted by molar-refractivity contribution is 6.30. The number of nitrogens with zero attached hydrogens (tertiary/aromatic N) is 5. The van der Waals surface area contributed by atoms with Gasteiger partial charge in [0.15, 0.2) is 0 Å². The molecule has 0 radical (unpaired) electrons. The summed E-state index contributed by atoms with van der Waals surface area (Å²) in [5.74, 6) is 0.0188. The average molecular weight is 555 g/mol. The fourth-order valence-corrected chi connectivity index (χ4v) is 4.75. The summed E-state index contributed by atoms with van der Waals surface area (Å²) in [7, 11) is 0. The Labute approximate surface area is 235 Å². The molecule has 0 unspecified atom stereocenters. The van der Waals surface area contributed by atoms with Crippen LogP contribution in [0.2, 0.25) is 5.02 Å². The molecule has 0 saturated carbocycles. The molecule has 0 saturated heterocycles. The topological polar surface area (TPSA) is 144 Å². The van der Waals surface area contributed by atoms with E-state index in [9.17, 15) is 9.59 Å². The lowest BCUT2D eigenvalue weighted by molar-refractivity contribution is -0.121. The van der Waals surface area contributed by atoms with Crippen molar-refractivity contribution in [1.29, 1.82) is 0 Å². The maximum absolute atomic E-state index is 13.3. The summed E-state index contributed by atoms with van der Waals surface area (Å²) in [5, 5.41) is 15.1. The van der Waals surface area contributed by atoms with E-state index < -0.39 is 11.9 Å². The minimum Gasteiger partial charge on any atom is -0.366 e. The van der Waals surface area contributed by atoms with Gasteiger partial charge in [0, 0.05) is 28.3 Å². The Morgan fingerprint density at radius 1 is 1.07 bits per heavy atom. The number of aryl methyl sites for hydroxylation is 2. The van der Waals surface area contributed by atoms with Crippen molar-refractivity contribution >= 4 is 23.4 Å². The van der Waals surface area contributed by atoms with Crippen molar-refractivity contribution in [3.05, 3.63) is 112 Å². The molecule has 2 heterocycles. The van der Waals surface area contributed by atoms with Crippen LogP contribution in [0.3, 0.4) is 0 Å². The van der Waals surface area contributed by atoms with Gasteiger partial charge in [-0.2, -0.15) is 0 Å². The molecule has 0 fully saturated rings. The maximum atomic E-state index is 13.3. The number of carbonyl (C=O) groups is 2. The quantitative estimate of drug-likeness (QED) is 0.236. The van der Waals surface area contributed by atoms with E-state index in [4.69, 9.17) is 22.3 Å². The molecule has 202 valence electrons. The fourth-order valence-electron chi connectivity index (χ4n) is 4.55. The van der Waals surface area contributed by atoms with Gasteiger partial charge in [0.05, 0.1) is 17.4 Å². The lowest BCUT2D eigenvalue weighted by Gasteiger charge is -2.17. The number of amides is 2. The van der Waals surface area contributed by atoms with Gasteiger partial charge in [-0.05, 0) is 71.7 Å². The Kier molecular flexibility index (Phi) is 7.97. The smallest absolute Gasteiger partial charge is 0.248 e. The molecule has 11 heteroatoms. The van der Waals surface area contributed by atoms with Crippen molar-refractivity contribution in [3.8, 4) is 16.9 Å². The first-order valence-corrected chi connectivity index (χ1v) is 13.1. The highest BCUT2D eigenvalue weighted by Crippen LogP contribution is 2.26. The van der Waals surface area contributed by atoms with E-state index in [1.807, 2.05) is 61.5 Å². The summed E-state index contributed by atoms with van der Waals surface area (Å²) in [4.78, 5) is 32.9. The van der Waals surface area contributed by atoms with E-state index in [1.54, 1.807) is 22.9 Å². The van der Waals surface area contributed by atoms with Crippen molar-refractivity contribution in [1.82, 2.24) is 35.5 Å². The van der Waals surface area contributed by atoms with Gasteiger partial charge in [-0.25, -0.2) is 9.67 Å². The summed E-state index contributed by atoms with van der Waals surface area (Å²) in [6.07, 6.45) is 2.71. The van der Waals surface area contributed by atoms with E-state index >= 15 is 0 Å². The third-order valence-corrected chi connectivity index (χ3v) is 6.79. The number of nitrogens with two attached hydrogens (primary N) is 1. The zero-order chi connectivity index (χ0) is 28.1. The summed E-state index contributed by atoms with van der Waals surface area (Å²) in [6, 6.07) is 21.9. The normalized spacial score (nSPS) is 11.8. The standard InChI is InChI=1S/C29H27ClN8O2/c1-18-27(20-7-9-21(10-8-20)28(31)40)35-29(33-18)24(15-19-5-3-2-4-6-19)34-26(39)14-11-22-16-23(30)12-13-25(22)38-17-32-36-37-38/h2-10,12-13,16-17,24H,11,14-15H2,1H3,(H2,31,40)(H,33,35)(H,34,39)/t24-/m0/s1. The molecular formula is C29H27ClN8O2. The van der Waals surface area contributed by atoms with Gasteiger partial charge in [0.25, 0.3) is 0 Å². The number of tetrazole rings is 1. The van der Waals surface area contributed by atoms with Crippen LogP contribution in [-0.2, 0) is 17.6 Å². The maximum Gasteiger partial charge on any atom is 0.248 e. The second kappa shape index (κ2) is 11.9. The molecule has 40 heavy (non-hydrogen) atoms. The Balaban J connectivity index is 1.36. The third kappa shape index (κ3) is 6.24. The number of hydrogen-bond acceptors (Lipinski definition) is 6. The minimum atomic E-state index is -0.487. The molecule has 0 spiro atoms. The van der Waals surface area contributed by atoms with Crippen molar-refractivity contribution in [2.75, 3.05) is 0 Å². The van der Waals surface area contributed by atoms with Crippen LogP contribution < -0.4 is 11.1 Å². The summed E-state index contributed by atoms with van der Waals surface area (Å²) < 4.78 is 1.55. The van der Waals surface area contributed by atoms with Crippen LogP contribution in [0.1, 0.15) is 45.5 Å². The van der Waals surface area contributed by atoms with Crippen LogP contribution >= 0.6 is 11.6 Å². The van der Waals surface area contributed by atoms with Gasteiger partial charge in [-0.15, -0.1) is 5.10 Å². The van der Waals surface area contributed by atoms with Gasteiger partial charge in [-0.1, -0.05) is 54.1 Å². The number of benzene rings is 3. The van der Waals surface area contributed by atoms with Crippen LogP contribution in [0.15, 0.2) is 79.1 Å². The number of H-pyrrole nitrogens is 1. The number of halogens is 1. The molecule has 0 aliphatic heterocycles. The van der Waals surface area contributed by atoms with Gasteiger partial charge < -0.3 is 16.0 Å². The van der Waals surface area contributed by atoms with Gasteiger partial charge in [0.2, 0.25) is 11.8 Å². The monoisotopic (exact) mass is 554 g/mol. The van der Waals surface area contributed by atoms with E-state index in [-0.39, 0.29) is 12.3 Å². The molecule has 5 aromatic rings. The zero-order valence-corrected chi connectivity index (χ0v) is 22.5. The molecule has 2 amide bonds. The first-order valence-electron chi connectivity index (χ1n) is 12.7. The third-order valence-electron chi connectivity index (χ3n) is 6.55. The predicted molar refractivity (Wildman–Crippen MR) is 151 cm³/mol. The molecule has 10 nitrogen and oxygen atoms in total. The van der Waals surface area contributed by atoms with Gasteiger partial charge >= 0.3 is 0 Å². The Morgan fingerprint density at radius 2 is 1.85 bits per heavy atom. The number of hydrogen-bond donors (Lipinski definition) is 3. The van der Waals surface area contributed by atoms with Crippen molar-refractivity contribution in [3.63, 3.8) is 0 Å². The van der Waals surface area contributed by atoms with Crippen LogP contribution in [-0.4, -0.2) is 42.0 Å². The summed E-state index contributed by atoms with van der Waals surface area (Å²) >= 11 is 6.24. The van der Waals surface area contributed by atoms with E-state index in [0.29, 0.717) is 29.3 Å². The summed E-state index contributed by atoms with van der Waals surface area (Å²) in [6.45, 7) is 1.93. The van der Waals surface area contributed by atoms with E-state index in [2.05, 4.69) is 25.8 Å². The largest absolute Gasteiger partial charge is 0.366 e. The first-order chi connectivity index (χ1) is 19.4. The molecule has 4 N–H and O–H groups in total. The number of primary amides is 1. The summed E-state index contributed by atoms with van der Waals surface area (Å²) in [5.41, 5.74) is 10.9. The minimum absolute atomic E-state index is 0.134. The lowest BCUT2D eigenvalue weighted by atomic mass is 10.0. The highest BCUT2D eigenvalue weighted by atomic mass is 35.5. The molecular weight excluding hydrogens is 528 g/mol. The second-order valence-electron chi connectivity index (χ2n) is 9.37. The van der Waals surface area contributed by atoms with Crippen molar-refractivity contribution in [2.45, 2.75) is 32.2 Å². The van der Waals surface area contributed by atoms with Crippen LogP contribution in [0.4, 0.5) is 0 Å². The second-order valence-corrected chi connectivity index (χ2v) is 9.81. The molecule has 0 aliphatic rings. The Morgan fingerprint density at radius 3 is 2.55 bits per heavy atom. The Hall–Kier alpha value is -4.83. The van der Waals surface area contributed by atoms with Crippen LogP contribution in [0.5, 0.6) is 0 Å². The average Bonchev–Trinajstić information content (AvgIpc) is 3.62. The molecule has 2 aromatic heterocycles. The first kappa shape index (κ1) is 26.8. The fraction of sp³-hybridized carbons (Fsp3) is 0.172. The van der Waals surface area contributed by atoms with E-state index in [0.717, 1.165) is 33.8 Å². The molecule has 0 aliphatic carbocycles. The SMILES string of the molecule is Cc1[nH]c([C@H](Cc2ccccc2)NC(=O)CCc2cc(Cl)ccc2-n2cnnn2)nc1-c1ccc(C(N)=O)cc1. The van der Waals surface area contributed by atoms with Gasteiger partial charge in [0.1, 0.15) is 12.2 Å². The van der Waals surface area contributed by atoms with Crippen molar-refractivity contribution < 1.29 is 9.59 Å². The molecule has 0 bridgehead atoms. The number of aromatic nitrogens is 6. The zero-order valence-electron chi connectivity index (χ0n) is 21.7. The highest BCUT2D eigenvalue weighted by Gasteiger charge is 2.21. The number of imidazole rings is 1. The molecule has 1 atom stereocenters. The van der Waals surface area contributed by atoms with Crippen LogP contribution in [0, 0.1) is 6.92 Å².